The second kappa shape index (κ2) is 9.55. The summed E-state index contributed by atoms with van der Waals surface area (Å²) in [7, 11) is 1.65. The number of carbonyl (C=O) groups is 1. The number of ether oxygens (including phenoxy) is 1. The molecular formula is C21H30N4O2. The summed E-state index contributed by atoms with van der Waals surface area (Å²) in [6, 6.07) is 7.78. The van der Waals surface area contributed by atoms with Gasteiger partial charge in [-0.15, -0.1) is 0 Å². The first kappa shape index (κ1) is 19.4. The van der Waals surface area contributed by atoms with E-state index in [-0.39, 0.29) is 5.91 Å². The molecule has 0 aliphatic carbocycles. The standard InChI is InChI=1S/C21H30N4O2/c1-16-20(17-9-11-18(27-2)12-10-17)23-24-21(16)22-19(26)8-4-7-15-25-13-5-3-6-14-25/h9-12H,3-8,13-15H2,1-2H3,(H2,22,23,24,26). The molecule has 1 fully saturated rings. The highest BCUT2D eigenvalue weighted by molar-refractivity contribution is 5.91. The van der Waals surface area contributed by atoms with Gasteiger partial charge < -0.3 is 15.0 Å². The number of benzene rings is 1. The van der Waals surface area contributed by atoms with Crippen molar-refractivity contribution in [2.24, 2.45) is 0 Å². The molecule has 0 unspecified atom stereocenters. The molecule has 2 aromatic rings. The fourth-order valence-electron chi connectivity index (χ4n) is 3.56. The van der Waals surface area contributed by atoms with Crippen LogP contribution in [-0.4, -0.2) is 47.7 Å². The first-order valence-corrected chi connectivity index (χ1v) is 9.89. The number of hydrogen-bond donors (Lipinski definition) is 2. The van der Waals surface area contributed by atoms with Crippen molar-refractivity contribution in [3.05, 3.63) is 29.8 Å². The molecule has 1 aliphatic heterocycles. The number of aromatic amines is 1. The number of amides is 1. The number of piperidine rings is 1. The number of aromatic nitrogens is 2. The molecule has 6 heteroatoms. The summed E-state index contributed by atoms with van der Waals surface area (Å²) >= 11 is 0. The number of rotatable bonds is 8. The van der Waals surface area contributed by atoms with Crippen molar-refractivity contribution in [3.63, 3.8) is 0 Å². The van der Waals surface area contributed by atoms with E-state index in [1.807, 2.05) is 31.2 Å². The van der Waals surface area contributed by atoms with Gasteiger partial charge in [0.1, 0.15) is 5.75 Å². The highest BCUT2D eigenvalue weighted by Gasteiger charge is 2.14. The van der Waals surface area contributed by atoms with Crippen LogP contribution in [-0.2, 0) is 4.79 Å². The number of anilines is 1. The predicted molar refractivity (Wildman–Crippen MR) is 108 cm³/mol. The molecule has 6 nitrogen and oxygen atoms in total. The Morgan fingerprint density at radius 1 is 1.19 bits per heavy atom. The van der Waals surface area contributed by atoms with Gasteiger partial charge in [-0.25, -0.2) is 0 Å². The molecule has 0 bridgehead atoms. The van der Waals surface area contributed by atoms with E-state index in [9.17, 15) is 4.79 Å². The lowest BCUT2D eigenvalue weighted by atomic mass is 10.1. The van der Waals surface area contributed by atoms with E-state index in [2.05, 4.69) is 20.4 Å². The molecule has 1 aromatic carbocycles. The van der Waals surface area contributed by atoms with Crippen LogP contribution >= 0.6 is 0 Å². The Labute approximate surface area is 161 Å². The summed E-state index contributed by atoms with van der Waals surface area (Å²) in [5.74, 6) is 1.46. The number of likely N-dealkylation sites (tertiary alicyclic amines) is 1. The Kier molecular flexibility index (Phi) is 6.87. The minimum atomic E-state index is 0.0320. The van der Waals surface area contributed by atoms with Crippen LogP contribution < -0.4 is 10.1 Å². The topological polar surface area (TPSA) is 70.2 Å². The van der Waals surface area contributed by atoms with E-state index in [4.69, 9.17) is 4.74 Å². The molecule has 1 amide bonds. The summed E-state index contributed by atoms with van der Waals surface area (Å²) in [6.45, 7) is 5.50. The van der Waals surface area contributed by atoms with Gasteiger partial charge in [-0.05, 0) is 76.5 Å². The van der Waals surface area contributed by atoms with E-state index in [1.165, 1.54) is 32.4 Å². The zero-order chi connectivity index (χ0) is 19.1. The van der Waals surface area contributed by atoms with Crippen molar-refractivity contribution < 1.29 is 9.53 Å². The Bertz CT molecular complexity index is 733. The minimum Gasteiger partial charge on any atom is -0.497 e. The largest absolute Gasteiger partial charge is 0.497 e. The van der Waals surface area contributed by atoms with E-state index < -0.39 is 0 Å². The number of methoxy groups -OCH3 is 1. The molecular weight excluding hydrogens is 340 g/mol. The van der Waals surface area contributed by atoms with Gasteiger partial charge in [0.05, 0.1) is 12.8 Å². The summed E-state index contributed by atoms with van der Waals surface area (Å²) in [5, 5.41) is 10.3. The van der Waals surface area contributed by atoms with Crippen molar-refractivity contribution in [1.82, 2.24) is 15.1 Å². The maximum atomic E-state index is 12.2. The molecule has 1 saturated heterocycles. The maximum Gasteiger partial charge on any atom is 0.225 e. The molecule has 0 radical (unpaired) electrons. The SMILES string of the molecule is COc1ccc(-c2[nH]nc(NC(=O)CCCCN3CCCCC3)c2C)cc1. The first-order chi connectivity index (χ1) is 13.2. The number of nitrogens with one attached hydrogen (secondary N) is 2. The third-order valence-corrected chi connectivity index (χ3v) is 5.22. The van der Waals surface area contributed by atoms with Gasteiger partial charge in [-0.3, -0.25) is 9.89 Å². The van der Waals surface area contributed by atoms with Crippen LogP contribution in [0.3, 0.4) is 0 Å². The quantitative estimate of drug-likeness (QED) is 0.690. The average molecular weight is 370 g/mol. The zero-order valence-corrected chi connectivity index (χ0v) is 16.4. The summed E-state index contributed by atoms with van der Waals surface area (Å²) in [5.41, 5.74) is 2.88. The minimum absolute atomic E-state index is 0.0320. The third-order valence-electron chi connectivity index (χ3n) is 5.22. The Morgan fingerprint density at radius 2 is 1.93 bits per heavy atom. The fraction of sp³-hybridized carbons (Fsp3) is 0.524. The van der Waals surface area contributed by atoms with E-state index in [0.717, 1.165) is 42.0 Å². The van der Waals surface area contributed by atoms with Gasteiger partial charge >= 0.3 is 0 Å². The van der Waals surface area contributed by atoms with Crippen LogP contribution in [0.1, 0.15) is 44.1 Å². The van der Waals surface area contributed by atoms with Crippen molar-refractivity contribution in [2.45, 2.75) is 45.4 Å². The van der Waals surface area contributed by atoms with Crippen molar-refractivity contribution >= 4 is 11.7 Å². The molecule has 0 saturated carbocycles. The number of carbonyl (C=O) groups excluding carboxylic acids is 1. The van der Waals surface area contributed by atoms with E-state index in [1.54, 1.807) is 7.11 Å². The van der Waals surface area contributed by atoms with E-state index in [0.29, 0.717) is 12.2 Å². The second-order valence-electron chi connectivity index (χ2n) is 7.21. The van der Waals surface area contributed by atoms with Crippen LogP contribution in [0.25, 0.3) is 11.3 Å². The Hall–Kier alpha value is -2.34. The normalized spacial score (nSPS) is 14.9. The molecule has 0 spiro atoms. The van der Waals surface area contributed by atoms with Crippen LogP contribution in [0.5, 0.6) is 5.75 Å². The summed E-state index contributed by atoms with van der Waals surface area (Å²) in [4.78, 5) is 14.8. The van der Waals surface area contributed by atoms with Gasteiger partial charge in [-0.1, -0.05) is 6.42 Å². The number of unbranched alkanes of at least 4 members (excludes halogenated alkanes) is 1. The smallest absolute Gasteiger partial charge is 0.225 e. The van der Waals surface area contributed by atoms with Gasteiger partial charge in [0.15, 0.2) is 5.82 Å². The number of nitrogens with zero attached hydrogens (tertiary/aromatic N) is 2. The molecule has 2 heterocycles. The van der Waals surface area contributed by atoms with Gasteiger partial charge in [-0.2, -0.15) is 5.10 Å². The first-order valence-electron chi connectivity index (χ1n) is 9.89. The Morgan fingerprint density at radius 3 is 2.63 bits per heavy atom. The van der Waals surface area contributed by atoms with Crippen LogP contribution in [0, 0.1) is 6.92 Å². The number of H-pyrrole nitrogens is 1. The molecule has 0 atom stereocenters. The highest BCUT2D eigenvalue weighted by atomic mass is 16.5. The maximum absolute atomic E-state index is 12.2. The molecule has 1 aliphatic rings. The van der Waals surface area contributed by atoms with Crippen molar-refractivity contribution in [1.29, 1.82) is 0 Å². The average Bonchev–Trinajstić information content (AvgIpc) is 3.06. The van der Waals surface area contributed by atoms with E-state index >= 15 is 0 Å². The lowest BCUT2D eigenvalue weighted by molar-refractivity contribution is -0.116. The van der Waals surface area contributed by atoms with Gasteiger partial charge in [0, 0.05) is 17.5 Å². The number of hydrogen-bond acceptors (Lipinski definition) is 4. The van der Waals surface area contributed by atoms with Crippen LogP contribution in [0.15, 0.2) is 24.3 Å². The third kappa shape index (κ3) is 5.32. The molecule has 27 heavy (non-hydrogen) atoms. The Balaban J connectivity index is 1.47. The highest BCUT2D eigenvalue weighted by Crippen LogP contribution is 2.27. The molecule has 1 aromatic heterocycles. The van der Waals surface area contributed by atoms with Crippen molar-refractivity contribution in [2.75, 3.05) is 32.1 Å². The monoisotopic (exact) mass is 370 g/mol. The zero-order valence-electron chi connectivity index (χ0n) is 16.4. The van der Waals surface area contributed by atoms with Crippen molar-refractivity contribution in [3.8, 4) is 17.0 Å². The fourth-order valence-corrected chi connectivity index (χ4v) is 3.56. The van der Waals surface area contributed by atoms with Crippen LogP contribution in [0.2, 0.25) is 0 Å². The molecule has 146 valence electrons. The predicted octanol–water partition coefficient (Wildman–Crippen LogP) is 3.99. The molecule has 3 rings (SSSR count). The summed E-state index contributed by atoms with van der Waals surface area (Å²) < 4.78 is 5.19. The second-order valence-corrected chi connectivity index (χ2v) is 7.21. The lowest BCUT2D eigenvalue weighted by Crippen LogP contribution is -2.30. The molecule has 2 N–H and O–H groups in total. The van der Waals surface area contributed by atoms with Crippen LogP contribution in [0.4, 0.5) is 5.82 Å². The van der Waals surface area contributed by atoms with Gasteiger partial charge in [0.2, 0.25) is 5.91 Å². The summed E-state index contributed by atoms with van der Waals surface area (Å²) in [6.07, 6.45) is 6.52. The lowest BCUT2D eigenvalue weighted by Gasteiger charge is -2.26. The van der Waals surface area contributed by atoms with Gasteiger partial charge in [0.25, 0.3) is 0 Å².